The van der Waals surface area contributed by atoms with Crippen LogP contribution in [0.3, 0.4) is 0 Å². The lowest BCUT2D eigenvalue weighted by Gasteiger charge is -2.19. The molecule has 1 N–H and O–H groups in total. The van der Waals surface area contributed by atoms with Crippen molar-refractivity contribution in [2.75, 3.05) is 12.3 Å². The minimum atomic E-state index is 0.363. The number of rotatable bonds is 7. The van der Waals surface area contributed by atoms with Crippen LogP contribution in [0.5, 0.6) is 0 Å². The second-order valence-electron chi connectivity index (χ2n) is 4.94. The maximum atomic E-state index is 4.10. The van der Waals surface area contributed by atoms with E-state index >= 15 is 0 Å². The highest BCUT2D eigenvalue weighted by atomic mass is 32.2. The van der Waals surface area contributed by atoms with Crippen molar-refractivity contribution in [3.63, 3.8) is 0 Å². The zero-order valence-electron chi connectivity index (χ0n) is 12.2. The summed E-state index contributed by atoms with van der Waals surface area (Å²) < 4.78 is 1.04. The van der Waals surface area contributed by atoms with Gasteiger partial charge < -0.3 is 5.32 Å². The Hall–Kier alpha value is -0.910. The molecule has 20 heavy (non-hydrogen) atoms. The summed E-state index contributed by atoms with van der Waals surface area (Å²) in [6.07, 6.45) is 1.14. The summed E-state index contributed by atoms with van der Waals surface area (Å²) in [5, 5.41) is 11.6. The van der Waals surface area contributed by atoms with Gasteiger partial charge in [-0.25, -0.2) is 0 Å². The molecule has 0 bridgehead atoms. The van der Waals surface area contributed by atoms with E-state index in [9.17, 15) is 0 Å². The normalized spacial score (nSPS) is 12.6. The number of thioether (sulfide) groups is 1. The number of nitrogens with one attached hydrogen (secondary N) is 1. The molecule has 0 aliphatic heterocycles. The molecule has 1 aromatic heterocycles. The van der Waals surface area contributed by atoms with Crippen LogP contribution in [-0.2, 0) is 0 Å². The minimum Gasteiger partial charge on any atom is -0.309 e. The molecule has 0 spiro atoms. The first kappa shape index (κ1) is 15.5. The summed E-state index contributed by atoms with van der Waals surface area (Å²) in [6.45, 7) is 7.55. The molecule has 1 atom stereocenters. The van der Waals surface area contributed by atoms with Gasteiger partial charge in [-0.15, -0.1) is 10.2 Å². The third-order valence-corrected chi connectivity index (χ3v) is 4.95. The molecule has 1 heterocycles. The number of hydrogen-bond donors (Lipinski definition) is 1. The molecule has 1 aromatic carbocycles. The van der Waals surface area contributed by atoms with Crippen molar-refractivity contribution in [1.82, 2.24) is 15.5 Å². The fraction of sp³-hybridized carbons (Fsp3) is 0.467. The maximum Gasteiger partial charge on any atom is 0.174 e. The highest BCUT2D eigenvalue weighted by Gasteiger charge is 2.13. The Balaban J connectivity index is 2.09. The first-order valence-electron chi connectivity index (χ1n) is 6.89. The van der Waals surface area contributed by atoms with Crippen LogP contribution in [0, 0.1) is 13.8 Å². The molecule has 0 saturated heterocycles. The summed E-state index contributed by atoms with van der Waals surface area (Å²) in [6, 6.07) is 7.14. The van der Waals surface area contributed by atoms with E-state index in [-0.39, 0.29) is 0 Å². The van der Waals surface area contributed by atoms with Crippen LogP contribution in [0.2, 0.25) is 0 Å². The molecular formula is C15H21N3S2. The highest BCUT2D eigenvalue weighted by molar-refractivity contribution is 8.01. The summed E-state index contributed by atoms with van der Waals surface area (Å²) in [7, 11) is 0. The lowest BCUT2D eigenvalue weighted by Crippen LogP contribution is -2.24. The van der Waals surface area contributed by atoms with Gasteiger partial charge in [0.1, 0.15) is 5.51 Å². The summed E-state index contributed by atoms with van der Waals surface area (Å²) >= 11 is 3.38. The van der Waals surface area contributed by atoms with E-state index in [4.69, 9.17) is 0 Å². The summed E-state index contributed by atoms with van der Waals surface area (Å²) in [5.41, 5.74) is 5.80. The van der Waals surface area contributed by atoms with Gasteiger partial charge in [-0.2, -0.15) is 0 Å². The molecule has 0 aliphatic carbocycles. The SMILES string of the molecule is CCCNC(CSc1nncs1)c1cc(C)cc(C)c1. The van der Waals surface area contributed by atoms with E-state index in [0.717, 1.165) is 23.1 Å². The highest BCUT2D eigenvalue weighted by Crippen LogP contribution is 2.26. The average molecular weight is 307 g/mol. The van der Waals surface area contributed by atoms with Gasteiger partial charge in [0.25, 0.3) is 0 Å². The Labute approximate surface area is 129 Å². The van der Waals surface area contributed by atoms with Gasteiger partial charge >= 0.3 is 0 Å². The Morgan fingerprint density at radius 3 is 2.60 bits per heavy atom. The zero-order valence-corrected chi connectivity index (χ0v) is 13.9. The average Bonchev–Trinajstić information content (AvgIpc) is 2.91. The largest absolute Gasteiger partial charge is 0.309 e. The van der Waals surface area contributed by atoms with Crippen LogP contribution >= 0.6 is 23.1 Å². The molecule has 1 unspecified atom stereocenters. The van der Waals surface area contributed by atoms with Crippen molar-refractivity contribution in [3.05, 3.63) is 40.4 Å². The monoisotopic (exact) mass is 307 g/mol. The van der Waals surface area contributed by atoms with Gasteiger partial charge in [-0.05, 0) is 32.4 Å². The van der Waals surface area contributed by atoms with E-state index in [1.165, 1.54) is 16.7 Å². The first-order valence-corrected chi connectivity index (χ1v) is 8.76. The molecule has 3 nitrogen and oxygen atoms in total. The number of aromatic nitrogens is 2. The number of benzene rings is 1. The predicted octanol–water partition coefficient (Wildman–Crippen LogP) is 3.99. The van der Waals surface area contributed by atoms with E-state index in [1.807, 2.05) is 0 Å². The molecule has 0 saturated carbocycles. The van der Waals surface area contributed by atoms with Gasteiger partial charge in [-0.3, -0.25) is 0 Å². The second-order valence-corrected chi connectivity index (χ2v) is 7.04. The number of aryl methyl sites for hydroxylation is 2. The maximum absolute atomic E-state index is 4.10. The van der Waals surface area contributed by atoms with Crippen LogP contribution in [0.15, 0.2) is 28.0 Å². The van der Waals surface area contributed by atoms with Crippen LogP contribution in [0.25, 0.3) is 0 Å². The van der Waals surface area contributed by atoms with Crippen LogP contribution < -0.4 is 5.32 Å². The topological polar surface area (TPSA) is 37.8 Å². The molecule has 0 fully saturated rings. The zero-order chi connectivity index (χ0) is 14.4. The van der Waals surface area contributed by atoms with Crippen molar-refractivity contribution >= 4 is 23.1 Å². The van der Waals surface area contributed by atoms with E-state index in [0.29, 0.717) is 6.04 Å². The smallest absolute Gasteiger partial charge is 0.174 e. The van der Waals surface area contributed by atoms with E-state index < -0.39 is 0 Å². The summed E-state index contributed by atoms with van der Waals surface area (Å²) in [4.78, 5) is 0. The van der Waals surface area contributed by atoms with Crippen LogP contribution in [-0.4, -0.2) is 22.5 Å². The molecule has 0 radical (unpaired) electrons. The third kappa shape index (κ3) is 4.58. The van der Waals surface area contributed by atoms with Gasteiger partial charge in [0, 0.05) is 11.8 Å². The van der Waals surface area contributed by atoms with Crippen molar-refractivity contribution in [1.29, 1.82) is 0 Å². The molecular weight excluding hydrogens is 286 g/mol. The van der Waals surface area contributed by atoms with Gasteiger partial charge in [0.2, 0.25) is 0 Å². The van der Waals surface area contributed by atoms with Gasteiger partial charge in [0.15, 0.2) is 4.34 Å². The van der Waals surface area contributed by atoms with Crippen molar-refractivity contribution in [2.45, 2.75) is 37.6 Å². The first-order chi connectivity index (χ1) is 9.69. The minimum absolute atomic E-state index is 0.363. The van der Waals surface area contributed by atoms with Crippen molar-refractivity contribution in [3.8, 4) is 0 Å². The fourth-order valence-corrected chi connectivity index (χ4v) is 3.79. The number of nitrogens with zero attached hydrogens (tertiary/aromatic N) is 2. The molecule has 108 valence electrons. The lowest BCUT2D eigenvalue weighted by atomic mass is 10.0. The number of hydrogen-bond acceptors (Lipinski definition) is 5. The second kappa shape index (κ2) is 7.76. The van der Waals surface area contributed by atoms with E-state index in [2.05, 4.69) is 54.5 Å². The van der Waals surface area contributed by atoms with E-state index in [1.54, 1.807) is 28.6 Å². The molecule has 2 rings (SSSR count). The standard InChI is InChI=1S/C15H21N3S2/c1-4-5-16-14(9-19-15-18-17-10-20-15)13-7-11(2)6-12(3)8-13/h6-8,10,14,16H,4-5,9H2,1-3H3. The Morgan fingerprint density at radius 1 is 1.25 bits per heavy atom. The Kier molecular flexibility index (Phi) is 6.01. The van der Waals surface area contributed by atoms with Gasteiger partial charge in [0.05, 0.1) is 0 Å². The third-order valence-electron chi connectivity index (χ3n) is 3.00. The molecule has 5 heteroatoms. The quantitative estimate of drug-likeness (QED) is 0.785. The molecule has 0 aliphatic rings. The van der Waals surface area contributed by atoms with Crippen LogP contribution in [0.4, 0.5) is 0 Å². The van der Waals surface area contributed by atoms with Gasteiger partial charge in [-0.1, -0.05) is 59.3 Å². The predicted molar refractivity (Wildman–Crippen MR) is 87.6 cm³/mol. The van der Waals surface area contributed by atoms with Crippen LogP contribution in [0.1, 0.15) is 36.1 Å². The lowest BCUT2D eigenvalue weighted by molar-refractivity contribution is 0.577. The Morgan fingerprint density at radius 2 is 2.00 bits per heavy atom. The summed E-state index contributed by atoms with van der Waals surface area (Å²) in [5.74, 6) is 0.984. The Bertz CT molecular complexity index is 506. The fourth-order valence-electron chi connectivity index (χ4n) is 2.18. The van der Waals surface area contributed by atoms with Crippen molar-refractivity contribution < 1.29 is 0 Å². The molecule has 0 amide bonds. The van der Waals surface area contributed by atoms with Crippen molar-refractivity contribution in [2.24, 2.45) is 0 Å². The molecule has 2 aromatic rings.